The van der Waals surface area contributed by atoms with Crippen LogP contribution in [0.1, 0.15) is 110 Å². The molecule has 10 atom stereocenters. The monoisotopic (exact) mass is 1260 g/mol. The van der Waals surface area contributed by atoms with Gasteiger partial charge >= 0.3 is 5.97 Å². The van der Waals surface area contributed by atoms with Crippen LogP contribution in [-0.2, 0) is 60.8 Å². The summed E-state index contributed by atoms with van der Waals surface area (Å²) in [4.78, 5) is 142. The fourth-order valence-corrected chi connectivity index (χ4v) is 9.16. The molecule has 2 aromatic carbocycles. The number of nitrogens with zero attached hydrogens (tertiary/aromatic N) is 1. The minimum absolute atomic E-state index is 0.00163. The average molecular weight is 1260 g/mol. The van der Waals surface area contributed by atoms with Crippen molar-refractivity contribution in [2.24, 2.45) is 51.4 Å². The molecule has 492 valence electrons. The van der Waals surface area contributed by atoms with E-state index in [2.05, 4.69) is 65.5 Å². The first-order valence-electron chi connectivity index (χ1n) is 29.5. The van der Waals surface area contributed by atoms with Gasteiger partial charge in [0.1, 0.15) is 65.9 Å². The maximum absolute atomic E-state index is 14.8. The number of hydrogen-bond acceptors (Lipinski definition) is 18. The topological polar surface area (TPSA) is 502 Å². The van der Waals surface area contributed by atoms with Gasteiger partial charge in [-0.2, -0.15) is 12.6 Å². The number of aliphatic imine (C=N–C) groups is 1. The lowest BCUT2D eigenvalue weighted by atomic mass is 9.98. The van der Waals surface area contributed by atoms with E-state index in [0.29, 0.717) is 43.2 Å². The first-order chi connectivity index (χ1) is 41.5. The van der Waals surface area contributed by atoms with Gasteiger partial charge in [0.05, 0.1) is 12.6 Å². The highest BCUT2D eigenvalue weighted by Gasteiger charge is 2.37. The van der Waals surface area contributed by atoms with E-state index in [4.69, 9.17) is 28.7 Å². The number of thiol groups is 1. The Morgan fingerprint density at radius 1 is 0.477 bits per heavy atom. The zero-order chi connectivity index (χ0) is 66.2. The van der Waals surface area contributed by atoms with Gasteiger partial charge in [-0.25, -0.2) is 4.79 Å². The quantitative estimate of drug-likeness (QED) is 0.0139. The molecule has 0 unspecified atom stereocenters. The molecule has 0 aliphatic heterocycles. The number of aliphatic hydroxyl groups excluding tert-OH is 1. The molecule has 0 saturated heterocycles. The van der Waals surface area contributed by atoms with E-state index in [1.807, 2.05) is 13.8 Å². The number of carboxylic acid groups (broad SMARTS) is 1. The van der Waals surface area contributed by atoms with E-state index in [9.17, 15) is 68.4 Å². The summed E-state index contributed by atoms with van der Waals surface area (Å²) in [6.07, 6.45) is 1.41. The van der Waals surface area contributed by atoms with Crippen molar-refractivity contribution in [3.8, 4) is 11.5 Å². The predicted octanol–water partition coefficient (Wildman–Crippen LogP) is -2.75. The Kier molecular flexibility index (Phi) is 34.6. The van der Waals surface area contributed by atoms with Crippen LogP contribution in [-0.4, -0.2) is 178 Å². The van der Waals surface area contributed by atoms with Gasteiger partial charge in [0.2, 0.25) is 53.2 Å². The second kappa shape index (κ2) is 39.9. The molecule has 0 fully saturated rings. The lowest BCUT2D eigenvalue weighted by Gasteiger charge is -2.30. The second-order valence-electron chi connectivity index (χ2n) is 22.6. The molecule has 2 rings (SSSR count). The van der Waals surface area contributed by atoms with Gasteiger partial charge in [0, 0.05) is 25.1 Å². The standard InChI is InChI=1S/C58H95N15O14S/c1-31(2)26-38(61)48(77)70-44(29-74)54(83)73-46(32(3)4)55(84)67-41(14-11-25-64-58(62)63)51(80)72-47(33(5)6)56(85)69-43(28-35-17-21-37(76)22-18-35)53(82)68-42(27-34-15-19-36(75)20-16-34)52(81)66-39(12-7-9-23-59)49(78)65-40(13-8-10-24-60)50(79)71-45(30-88)57(86)87/h15-22,31-33,38-47,74-76,88H,7-14,23-30,59-61H2,1-6H3,(H,65,78)(H,66,81)(H,67,84)(H,68,82)(H,69,85)(H,70,77)(H,71,79)(H,72,80)(H,73,83)(H,86,87)(H4,62,63,64)/t38-,39-,40-,41-,42-,43-,44-,45-,46-,47-/m0/s1. The predicted molar refractivity (Wildman–Crippen MR) is 332 cm³/mol. The number of rotatable bonds is 41. The fraction of sp³-hybridized carbons (Fsp3) is 0.603. The first kappa shape index (κ1) is 76.3. The van der Waals surface area contributed by atoms with E-state index in [0.717, 1.165) is 0 Å². The van der Waals surface area contributed by atoms with E-state index in [1.165, 1.54) is 48.5 Å². The number of nitrogens with one attached hydrogen (secondary N) is 9. The number of aromatic hydroxyl groups is 2. The maximum atomic E-state index is 14.8. The SMILES string of the molecule is CC(C)C[C@H](N)C(=O)N[C@@H](CO)C(=O)N[C@H](C(=O)N[C@@H](CCCN=C(N)N)C(=O)N[C@H](C(=O)N[C@@H](Cc1ccc(O)cc1)C(=O)N[C@@H](Cc1ccc(O)cc1)C(=O)N[C@@H](CCCCN)C(=O)N[C@@H](CCCCN)C(=O)N[C@@H](CS)C(=O)O)C(C)C)C(C)C. The van der Waals surface area contributed by atoms with Gasteiger partial charge < -0.3 is 96.9 Å². The number of unbranched alkanes of at least 4 members (excludes halogenated alkanes) is 2. The number of carbonyl (C=O) groups excluding carboxylic acids is 9. The van der Waals surface area contributed by atoms with Gasteiger partial charge in [-0.1, -0.05) is 65.8 Å². The van der Waals surface area contributed by atoms with Crippen molar-refractivity contribution < 1.29 is 68.4 Å². The Morgan fingerprint density at radius 3 is 1.18 bits per heavy atom. The number of benzene rings is 2. The number of amides is 9. The number of carbonyl (C=O) groups is 10. The zero-order valence-corrected chi connectivity index (χ0v) is 52.0. The second-order valence-corrected chi connectivity index (χ2v) is 23.0. The third-order valence-electron chi connectivity index (χ3n) is 13.9. The molecule has 0 aliphatic carbocycles. The first-order valence-corrected chi connectivity index (χ1v) is 30.1. The van der Waals surface area contributed by atoms with E-state index in [1.54, 1.807) is 27.7 Å². The Labute approximate surface area is 519 Å². The molecule has 23 N–H and O–H groups in total. The van der Waals surface area contributed by atoms with Crippen molar-refractivity contribution in [2.75, 3.05) is 32.0 Å². The van der Waals surface area contributed by atoms with Crippen molar-refractivity contribution in [3.05, 3.63) is 59.7 Å². The van der Waals surface area contributed by atoms with Crippen LogP contribution in [0.25, 0.3) is 0 Å². The number of phenolic OH excluding ortho intramolecular Hbond substituents is 2. The highest BCUT2D eigenvalue weighted by Crippen LogP contribution is 2.17. The van der Waals surface area contributed by atoms with Gasteiger partial charge in [-0.3, -0.25) is 48.1 Å². The number of guanidine groups is 1. The number of aliphatic carboxylic acids is 1. The highest BCUT2D eigenvalue weighted by atomic mass is 32.1. The molecule has 2 aromatic rings. The van der Waals surface area contributed by atoms with Gasteiger partial charge in [-0.15, -0.1) is 0 Å². The zero-order valence-electron chi connectivity index (χ0n) is 51.1. The molecule has 0 aliphatic rings. The molecular weight excluding hydrogens is 1160 g/mol. The largest absolute Gasteiger partial charge is 0.508 e. The highest BCUT2D eigenvalue weighted by molar-refractivity contribution is 7.80. The molecule has 0 aromatic heterocycles. The van der Waals surface area contributed by atoms with Crippen LogP contribution in [0.15, 0.2) is 53.5 Å². The lowest BCUT2D eigenvalue weighted by molar-refractivity contribution is -0.141. The van der Waals surface area contributed by atoms with Gasteiger partial charge in [0.25, 0.3) is 0 Å². The fourth-order valence-electron chi connectivity index (χ4n) is 8.91. The molecule has 29 nitrogen and oxygen atoms in total. The summed E-state index contributed by atoms with van der Waals surface area (Å²) < 4.78 is 0. The van der Waals surface area contributed by atoms with Crippen molar-refractivity contribution in [3.63, 3.8) is 0 Å². The van der Waals surface area contributed by atoms with Crippen LogP contribution in [0.5, 0.6) is 11.5 Å². The number of phenols is 2. The minimum atomic E-state index is -1.53. The number of aliphatic hydroxyl groups is 1. The molecule has 88 heavy (non-hydrogen) atoms. The van der Waals surface area contributed by atoms with Crippen molar-refractivity contribution in [2.45, 2.75) is 173 Å². The van der Waals surface area contributed by atoms with Crippen LogP contribution >= 0.6 is 12.6 Å². The molecule has 9 amide bonds. The van der Waals surface area contributed by atoms with Crippen LogP contribution < -0.4 is 76.5 Å². The smallest absolute Gasteiger partial charge is 0.327 e. The Hall–Kier alpha value is -7.80. The average Bonchev–Trinajstić information content (AvgIpc) is 3.67. The Balaban J connectivity index is 2.62. The molecule has 0 saturated carbocycles. The molecular formula is C58H95N15O14S. The third-order valence-corrected chi connectivity index (χ3v) is 14.3. The molecule has 0 radical (unpaired) electrons. The van der Waals surface area contributed by atoms with Crippen LogP contribution in [0.3, 0.4) is 0 Å². The summed E-state index contributed by atoms with van der Waals surface area (Å²) in [6, 6.07) is -2.31. The van der Waals surface area contributed by atoms with Crippen LogP contribution in [0.2, 0.25) is 0 Å². The van der Waals surface area contributed by atoms with Gasteiger partial charge in [-0.05, 0) is 124 Å². The summed E-state index contributed by atoms with van der Waals surface area (Å²) in [6.45, 7) is 9.79. The van der Waals surface area contributed by atoms with Crippen molar-refractivity contribution in [1.82, 2.24) is 47.9 Å². The number of hydrogen-bond donors (Lipinski definition) is 19. The number of nitrogens with two attached hydrogens (primary N) is 5. The maximum Gasteiger partial charge on any atom is 0.327 e. The molecule has 0 spiro atoms. The Bertz CT molecular complexity index is 2610. The van der Waals surface area contributed by atoms with Crippen LogP contribution in [0, 0.1) is 17.8 Å². The van der Waals surface area contributed by atoms with Crippen LogP contribution in [0.4, 0.5) is 0 Å². The summed E-state index contributed by atoms with van der Waals surface area (Å²) in [5.41, 5.74) is 29.4. The molecule has 0 heterocycles. The van der Waals surface area contributed by atoms with E-state index >= 15 is 0 Å². The molecule has 0 bridgehead atoms. The van der Waals surface area contributed by atoms with E-state index in [-0.39, 0.29) is 87.3 Å². The summed E-state index contributed by atoms with van der Waals surface area (Å²) >= 11 is 4.02. The summed E-state index contributed by atoms with van der Waals surface area (Å²) in [5, 5.41) is 63.3. The summed E-state index contributed by atoms with van der Waals surface area (Å²) in [7, 11) is 0. The van der Waals surface area contributed by atoms with Crippen molar-refractivity contribution >= 4 is 77.7 Å². The minimum Gasteiger partial charge on any atom is -0.508 e. The Morgan fingerprint density at radius 2 is 0.818 bits per heavy atom. The van der Waals surface area contributed by atoms with Crippen molar-refractivity contribution in [1.29, 1.82) is 0 Å². The summed E-state index contributed by atoms with van der Waals surface area (Å²) in [5.74, 6) is -11.0. The normalized spacial score (nSPS) is 14.7. The van der Waals surface area contributed by atoms with E-state index < -0.39 is 138 Å². The van der Waals surface area contributed by atoms with Gasteiger partial charge in [0.15, 0.2) is 5.96 Å². The molecule has 30 heteroatoms. The number of carboxylic acids is 1. The lowest BCUT2D eigenvalue weighted by Crippen LogP contribution is -2.62. The third kappa shape index (κ3) is 27.9.